The van der Waals surface area contributed by atoms with Crippen LogP contribution in [-0.4, -0.2) is 37.1 Å². The third kappa shape index (κ3) is 4.24. The van der Waals surface area contributed by atoms with E-state index in [-0.39, 0.29) is 0 Å². The van der Waals surface area contributed by atoms with Crippen LogP contribution in [0.4, 0.5) is 0 Å². The molecule has 1 N–H and O–H groups in total. The van der Waals surface area contributed by atoms with Gasteiger partial charge in [-0.25, -0.2) is 0 Å². The van der Waals surface area contributed by atoms with Gasteiger partial charge in [-0.1, -0.05) is 32.6 Å². The molecule has 0 aliphatic heterocycles. The number of hydrogen-bond donors (Lipinski definition) is 1. The Kier molecular flexibility index (Phi) is 5.97. The van der Waals surface area contributed by atoms with E-state index in [1.807, 2.05) is 0 Å². The molecule has 1 atom stereocenters. The van der Waals surface area contributed by atoms with Crippen molar-refractivity contribution in [2.24, 2.45) is 5.92 Å². The van der Waals surface area contributed by atoms with Crippen LogP contribution in [0.3, 0.4) is 0 Å². The molecule has 18 heavy (non-hydrogen) atoms. The monoisotopic (exact) mass is 252 g/mol. The van der Waals surface area contributed by atoms with Gasteiger partial charge in [-0.3, -0.25) is 4.90 Å². The van der Waals surface area contributed by atoms with Gasteiger partial charge in [0.2, 0.25) is 0 Å². The van der Waals surface area contributed by atoms with Crippen LogP contribution < -0.4 is 5.32 Å². The second-order valence-electron chi connectivity index (χ2n) is 6.37. The summed E-state index contributed by atoms with van der Waals surface area (Å²) < 4.78 is 0. The molecule has 2 aliphatic carbocycles. The average Bonchev–Trinajstić information content (AvgIpc) is 3.25. The highest BCUT2D eigenvalue weighted by Crippen LogP contribution is 2.31. The predicted molar refractivity (Wildman–Crippen MR) is 78.9 cm³/mol. The highest BCUT2D eigenvalue weighted by atomic mass is 15.2. The number of hydrogen-bond acceptors (Lipinski definition) is 2. The zero-order valence-corrected chi connectivity index (χ0v) is 12.5. The quantitative estimate of drug-likeness (QED) is 0.712. The van der Waals surface area contributed by atoms with Crippen molar-refractivity contribution in [2.45, 2.75) is 76.8 Å². The third-order valence-electron chi connectivity index (χ3n) is 4.88. The van der Waals surface area contributed by atoms with Crippen LogP contribution in [0, 0.1) is 5.92 Å². The highest BCUT2D eigenvalue weighted by molar-refractivity contribution is 4.89. The normalized spacial score (nSPS) is 23.5. The van der Waals surface area contributed by atoms with Crippen molar-refractivity contribution in [3.8, 4) is 0 Å². The lowest BCUT2D eigenvalue weighted by molar-refractivity contribution is 0.180. The summed E-state index contributed by atoms with van der Waals surface area (Å²) in [5.41, 5.74) is 0. The summed E-state index contributed by atoms with van der Waals surface area (Å²) in [6.07, 6.45) is 12.9. The smallest absolute Gasteiger partial charge is 0.0220 e. The summed E-state index contributed by atoms with van der Waals surface area (Å²) in [5.74, 6) is 0.937. The second-order valence-corrected chi connectivity index (χ2v) is 6.37. The van der Waals surface area contributed by atoms with Crippen LogP contribution >= 0.6 is 0 Å². The van der Waals surface area contributed by atoms with Gasteiger partial charge >= 0.3 is 0 Å². The van der Waals surface area contributed by atoms with Gasteiger partial charge in [-0.2, -0.15) is 0 Å². The lowest BCUT2D eigenvalue weighted by Crippen LogP contribution is -2.45. The molecule has 2 rings (SSSR count). The molecule has 0 aromatic heterocycles. The second kappa shape index (κ2) is 7.49. The summed E-state index contributed by atoms with van der Waals surface area (Å²) >= 11 is 0. The van der Waals surface area contributed by atoms with Crippen molar-refractivity contribution in [3.05, 3.63) is 0 Å². The van der Waals surface area contributed by atoms with Gasteiger partial charge in [0.25, 0.3) is 0 Å². The van der Waals surface area contributed by atoms with Crippen molar-refractivity contribution in [3.63, 3.8) is 0 Å². The summed E-state index contributed by atoms with van der Waals surface area (Å²) in [5, 5.41) is 3.62. The molecule has 2 fully saturated rings. The SMILES string of the molecule is CCCCN(CC(NC)C1CCCCC1)C1CC1. The summed E-state index contributed by atoms with van der Waals surface area (Å²) in [6, 6.07) is 1.67. The minimum atomic E-state index is 0.739. The van der Waals surface area contributed by atoms with Crippen LogP contribution in [-0.2, 0) is 0 Å². The Hall–Kier alpha value is -0.0800. The van der Waals surface area contributed by atoms with E-state index < -0.39 is 0 Å². The standard InChI is InChI=1S/C16H32N2/c1-3-4-12-18(15-10-11-15)13-16(17-2)14-8-6-5-7-9-14/h14-17H,3-13H2,1-2H3. The minimum absolute atomic E-state index is 0.739. The molecule has 2 saturated carbocycles. The molecular weight excluding hydrogens is 220 g/mol. The molecule has 2 nitrogen and oxygen atoms in total. The van der Waals surface area contributed by atoms with Crippen LogP contribution in [0.25, 0.3) is 0 Å². The summed E-state index contributed by atoms with van der Waals surface area (Å²) in [4.78, 5) is 2.78. The Morgan fingerprint density at radius 3 is 2.39 bits per heavy atom. The van der Waals surface area contributed by atoms with Gasteiger partial charge < -0.3 is 5.32 Å². The fraction of sp³-hybridized carbons (Fsp3) is 1.00. The minimum Gasteiger partial charge on any atom is -0.315 e. The Bertz CT molecular complexity index is 219. The van der Waals surface area contributed by atoms with Crippen molar-refractivity contribution in [1.82, 2.24) is 10.2 Å². The molecule has 0 aromatic carbocycles. The van der Waals surface area contributed by atoms with Gasteiger partial charge in [0.1, 0.15) is 0 Å². The van der Waals surface area contributed by atoms with E-state index in [2.05, 4.69) is 24.2 Å². The summed E-state index contributed by atoms with van der Waals surface area (Å²) in [6.45, 7) is 4.93. The van der Waals surface area contributed by atoms with E-state index in [4.69, 9.17) is 0 Å². The molecule has 2 aliphatic rings. The van der Waals surface area contributed by atoms with Crippen molar-refractivity contribution >= 4 is 0 Å². The fourth-order valence-corrected chi connectivity index (χ4v) is 3.49. The van der Waals surface area contributed by atoms with Crippen LogP contribution in [0.1, 0.15) is 64.7 Å². The number of unbranched alkanes of at least 4 members (excludes halogenated alkanes) is 1. The third-order valence-corrected chi connectivity index (χ3v) is 4.88. The lowest BCUT2D eigenvalue weighted by atomic mass is 9.83. The molecule has 0 bridgehead atoms. The first-order valence-corrected chi connectivity index (χ1v) is 8.26. The van der Waals surface area contributed by atoms with Gasteiger partial charge in [-0.05, 0) is 51.6 Å². The number of nitrogens with one attached hydrogen (secondary N) is 1. The van der Waals surface area contributed by atoms with Crippen LogP contribution in [0.2, 0.25) is 0 Å². The van der Waals surface area contributed by atoms with Gasteiger partial charge in [-0.15, -0.1) is 0 Å². The number of likely N-dealkylation sites (N-methyl/N-ethyl adjacent to an activating group) is 1. The number of nitrogens with zero attached hydrogens (tertiary/aromatic N) is 1. The molecule has 2 heteroatoms. The van der Waals surface area contributed by atoms with Crippen LogP contribution in [0.15, 0.2) is 0 Å². The first kappa shape index (κ1) is 14.3. The molecule has 0 amide bonds. The van der Waals surface area contributed by atoms with Crippen molar-refractivity contribution < 1.29 is 0 Å². The molecule has 0 saturated heterocycles. The Labute approximate surface area is 114 Å². The molecule has 106 valence electrons. The first-order chi connectivity index (χ1) is 8.85. The maximum atomic E-state index is 3.62. The molecular formula is C16H32N2. The lowest BCUT2D eigenvalue weighted by Gasteiger charge is -2.34. The van der Waals surface area contributed by atoms with E-state index in [0.717, 1.165) is 18.0 Å². The zero-order valence-electron chi connectivity index (χ0n) is 12.5. The molecule has 0 aromatic rings. The maximum Gasteiger partial charge on any atom is 0.0220 e. The Morgan fingerprint density at radius 2 is 1.83 bits per heavy atom. The predicted octanol–water partition coefficient (Wildman–Crippen LogP) is 3.42. The van der Waals surface area contributed by atoms with Crippen molar-refractivity contribution in [1.29, 1.82) is 0 Å². The van der Waals surface area contributed by atoms with Crippen molar-refractivity contribution in [2.75, 3.05) is 20.1 Å². The molecule has 0 radical (unpaired) electrons. The highest BCUT2D eigenvalue weighted by Gasteiger charge is 2.32. The Morgan fingerprint density at radius 1 is 1.11 bits per heavy atom. The molecule has 1 unspecified atom stereocenters. The topological polar surface area (TPSA) is 15.3 Å². The fourth-order valence-electron chi connectivity index (χ4n) is 3.49. The van der Waals surface area contributed by atoms with Gasteiger partial charge in [0.05, 0.1) is 0 Å². The van der Waals surface area contributed by atoms with Gasteiger partial charge in [0, 0.05) is 18.6 Å². The molecule has 0 heterocycles. The van der Waals surface area contributed by atoms with E-state index in [9.17, 15) is 0 Å². The first-order valence-electron chi connectivity index (χ1n) is 8.26. The summed E-state index contributed by atoms with van der Waals surface area (Å²) in [7, 11) is 2.17. The average molecular weight is 252 g/mol. The Balaban J connectivity index is 1.81. The van der Waals surface area contributed by atoms with E-state index in [1.165, 1.54) is 70.9 Å². The van der Waals surface area contributed by atoms with Crippen LogP contribution in [0.5, 0.6) is 0 Å². The molecule has 0 spiro atoms. The largest absolute Gasteiger partial charge is 0.315 e. The number of rotatable bonds is 8. The van der Waals surface area contributed by atoms with E-state index >= 15 is 0 Å². The van der Waals surface area contributed by atoms with E-state index in [0.29, 0.717) is 0 Å². The van der Waals surface area contributed by atoms with Gasteiger partial charge in [0.15, 0.2) is 0 Å². The zero-order chi connectivity index (χ0) is 12.8. The maximum absolute atomic E-state index is 3.62. The van der Waals surface area contributed by atoms with E-state index in [1.54, 1.807) is 0 Å².